The topological polar surface area (TPSA) is 0 Å². The molecule has 0 fully saturated rings. The molecular weight excluding hydrogens is 284 g/mol. The summed E-state index contributed by atoms with van der Waals surface area (Å²) < 4.78 is 0. The lowest BCUT2D eigenvalue weighted by molar-refractivity contribution is 1.23. The van der Waals surface area contributed by atoms with Crippen molar-refractivity contribution in [3.63, 3.8) is 0 Å². The molecule has 0 aliphatic heterocycles. The fourth-order valence-corrected chi connectivity index (χ4v) is 3.26. The normalized spacial score (nSPS) is 11.5. The molecule has 22 heavy (non-hydrogen) atoms. The highest BCUT2D eigenvalue weighted by Gasteiger charge is 1.99. The minimum absolute atomic E-state index is 1.04. The van der Waals surface area contributed by atoms with Crippen LogP contribution in [0.5, 0.6) is 0 Å². The second-order valence-corrected chi connectivity index (χ2v) is 6.43. The number of aryl methyl sites for hydroxylation is 1. The van der Waals surface area contributed by atoms with Gasteiger partial charge in [-0.05, 0) is 35.6 Å². The van der Waals surface area contributed by atoms with Crippen molar-refractivity contribution >= 4 is 17.3 Å². The van der Waals surface area contributed by atoms with Crippen LogP contribution in [0.25, 0.3) is 5.57 Å². The summed E-state index contributed by atoms with van der Waals surface area (Å²) in [4.78, 5) is 0. The minimum Gasteiger partial charge on any atom is -0.152 e. The monoisotopic (exact) mass is 308 g/mol. The van der Waals surface area contributed by atoms with E-state index in [1.54, 1.807) is 0 Å². The number of hydrogen-bond donors (Lipinski definition) is 0. The summed E-state index contributed by atoms with van der Waals surface area (Å²) in [5.74, 6) is 2.12. The van der Waals surface area contributed by atoms with Gasteiger partial charge in [-0.3, -0.25) is 0 Å². The summed E-state index contributed by atoms with van der Waals surface area (Å²) >= 11 is 1.96. The molecule has 0 aromatic heterocycles. The van der Waals surface area contributed by atoms with Crippen molar-refractivity contribution in [2.24, 2.45) is 0 Å². The van der Waals surface area contributed by atoms with Crippen LogP contribution in [0.2, 0.25) is 0 Å². The molecule has 0 unspecified atom stereocenters. The molecule has 0 heterocycles. The van der Waals surface area contributed by atoms with E-state index in [4.69, 9.17) is 0 Å². The molecule has 0 bridgehead atoms. The first kappa shape index (κ1) is 16.6. The first-order valence-electron chi connectivity index (χ1n) is 7.78. The van der Waals surface area contributed by atoms with E-state index in [1.165, 1.54) is 27.8 Å². The maximum atomic E-state index is 3.90. The average Bonchev–Trinajstić information content (AvgIpc) is 2.55. The lowest BCUT2D eigenvalue weighted by Crippen LogP contribution is -1.86. The lowest BCUT2D eigenvalue weighted by atomic mass is 10.0. The Morgan fingerprint density at radius 1 is 0.955 bits per heavy atom. The van der Waals surface area contributed by atoms with Gasteiger partial charge in [0.15, 0.2) is 0 Å². The third kappa shape index (κ3) is 4.92. The highest BCUT2D eigenvalue weighted by molar-refractivity contribution is 7.97. The van der Waals surface area contributed by atoms with Crippen molar-refractivity contribution in [1.29, 1.82) is 0 Å². The van der Waals surface area contributed by atoms with Crippen molar-refractivity contribution in [3.05, 3.63) is 89.5 Å². The molecule has 0 nitrogen and oxygen atoms in total. The van der Waals surface area contributed by atoms with E-state index in [0.717, 1.165) is 17.9 Å². The van der Waals surface area contributed by atoms with Crippen LogP contribution in [-0.4, -0.2) is 0 Å². The zero-order valence-electron chi connectivity index (χ0n) is 13.5. The lowest BCUT2D eigenvalue weighted by Gasteiger charge is -2.06. The largest absolute Gasteiger partial charge is 0.152 e. The third-order valence-electron chi connectivity index (χ3n) is 3.59. The molecule has 2 rings (SSSR count). The standard InChI is InChI=1S/C21H24S/c1-4-6-20(5-2)21-13-11-19(12-14-21)16-22-15-18-9-7-17(3)8-10-18/h5-14H,2,4,15-16H2,1,3H3/b20-6+. The molecule has 1 heteroatoms. The van der Waals surface area contributed by atoms with Gasteiger partial charge < -0.3 is 0 Å². The highest BCUT2D eigenvalue weighted by Crippen LogP contribution is 2.21. The number of hydrogen-bond acceptors (Lipinski definition) is 1. The van der Waals surface area contributed by atoms with Crippen LogP contribution < -0.4 is 0 Å². The summed E-state index contributed by atoms with van der Waals surface area (Å²) in [6, 6.07) is 17.7. The van der Waals surface area contributed by atoms with Gasteiger partial charge in [-0.2, -0.15) is 11.8 Å². The number of rotatable bonds is 7. The first-order valence-corrected chi connectivity index (χ1v) is 8.93. The van der Waals surface area contributed by atoms with Crippen molar-refractivity contribution in [3.8, 4) is 0 Å². The fourth-order valence-electron chi connectivity index (χ4n) is 2.30. The highest BCUT2D eigenvalue weighted by atomic mass is 32.2. The summed E-state index contributed by atoms with van der Waals surface area (Å²) in [7, 11) is 0. The van der Waals surface area contributed by atoms with E-state index in [1.807, 2.05) is 17.8 Å². The van der Waals surface area contributed by atoms with Crippen molar-refractivity contribution in [2.75, 3.05) is 0 Å². The molecule has 2 aromatic rings. The number of allylic oxidation sites excluding steroid dienone is 3. The third-order valence-corrected chi connectivity index (χ3v) is 4.66. The molecule has 0 amide bonds. The Morgan fingerprint density at radius 3 is 2.00 bits per heavy atom. The minimum atomic E-state index is 1.04. The smallest absolute Gasteiger partial charge is 0.0187 e. The van der Waals surface area contributed by atoms with Crippen LogP contribution in [0.1, 0.15) is 35.6 Å². The predicted molar refractivity (Wildman–Crippen MR) is 101 cm³/mol. The van der Waals surface area contributed by atoms with E-state index in [2.05, 4.69) is 75.0 Å². The predicted octanol–water partition coefficient (Wildman–Crippen LogP) is 6.41. The molecule has 0 aliphatic carbocycles. The zero-order chi connectivity index (χ0) is 15.8. The molecule has 0 aliphatic rings. The Labute approximate surface area is 139 Å². The number of benzene rings is 2. The second kappa shape index (κ2) is 8.65. The van der Waals surface area contributed by atoms with Gasteiger partial charge in [-0.1, -0.05) is 79.7 Å². The van der Waals surface area contributed by atoms with Gasteiger partial charge in [0.1, 0.15) is 0 Å². The maximum Gasteiger partial charge on any atom is 0.0187 e. The molecule has 0 spiro atoms. The summed E-state index contributed by atoms with van der Waals surface area (Å²) in [6.45, 7) is 8.18. The fraction of sp³-hybridized carbons (Fsp3) is 0.238. The van der Waals surface area contributed by atoms with Gasteiger partial charge in [-0.25, -0.2) is 0 Å². The summed E-state index contributed by atoms with van der Waals surface area (Å²) in [6.07, 6.45) is 5.19. The Hall–Kier alpha value is -1.73. The zero-order valence-corrected chi connectivity index (χ0v) is 14.3. The Kier molecular flexibility index (Phi) is 6.54. The van der Waals surface area contributed by atoms with E-state index >= 15 is 0 Å². The molecule has 0 saturated carbocycles. The van der Waals surface area contributed by atoms with Gasteiger partial charge in [0.05, 0.1) is 0 Å². The van der Waals surface area contributed by atoms with Crippen LogP contribution in [-0.2, 0) is 11.5 Å². The SMILES string of the molecule is C=C/C(=C\CC)c1ccc(CSCc2ccc(C)cc2)cc1. The van der Waals surface area contributed by atoms with Gasteiger partial charge in [0.2, 0.25) is 0 Å². The molecule has 0 atom stereocenters. The maximum absolute atomic E-state index is 3.90. The Morgan fingerprint density at radius 2 is 1.50 bits per heavy atom. The van der Waals surface area contributed by atoms with Gasteiger partial charge in [0, 0.05) is 11.5 Å². The van der Waals surface area contributed by atoms with Crippen LogP contribution in [0.15, 0.2) is 67.3 Å². The number of thioether (sulfide) groups is 1. The summed E-state index contributed by atoms with van der Waals surface area (Å²) in [5.41, 5.74) is 6.57. The Balaban J connectivity index is 1.90. The second-order valence-electron chi connectivity index (χ2n) is 5.45. The molecule has 0 radical (unpaired) electrons. The van der Waals surface area contributed by atoms with Gasteiger partial charge in [0.25, 0.3) is 0 Å². The molecular formula is C21H24S. The van der Waals surface area contributed by atoms with E-state index in [-0.39, 0.29) is 0 Å². The van der Waals surface area contributed by atoms with E-state index in [0.29, 0.717) is 0 Å². The average molecular weight is 308 g/mol. The first-order chi connectivity index (χ1) is 10.7. The molecule has 114 valence electrons. The van der Waals surface area contributed by atoms with Crippen molar-refractivity contribution in [1.82, 2.24) is 0 Å². The van der Waals surface area contributed by atoms with Crippen LogP contribution in [0, 0.1) is 6.92 Å². The molecule has 2 aromatic carbocycles. The van der Waals surface area contributed by atoms with Crippen molar-refractivity contribution in [2.45, 2.75) is 31.8 Å². The van der Waals surface area contributed by atoms with Crippen molar-refractivity contribution < 1.29 is 0 Å². The van der Waals surface area contributed by atoms with E-state index < -0.39 is 0 Å². The van der Waals surface area contributed by atoms with Gasteiger partial charge in [-0.15, -0.1) is 0 Å². The van der Waals surface area contributed by atoms with Crippen LogP contribution in [0.3, 0.4) is 0 Å². The summed E-state index contributed by atoms with van der Waals surface area (Å²) in [5, 5.41) is 0. The van der Waals surface area contributed by atoms with Crippen LogP contribution >= 0.6 is 11.8 Å². The molecule has 0 N–H and O–H groups in total. The quantitative estimate of drug-likeness (QED) is 0.533. The van der Waals surface area contributed by atoms with Crippen LogP contribution in [0.4, 0.5) is 0 Å². The van der Waals surface area contributed by atoms with Gasteiger partial charge >= 0.3 is 0 Å². The Bertz CT molecular complexity index is 618. The molecule has 0 saturated heterocycles. The van der Waals surface area contributed by atoms with E-state index in [9.17, 15) is 0 Å².